The van der Waals surface area contributed by atoms with Crippen LogP contribution < -0.4 is 5.73 Å². The molecular formula is C9H16FNO3. The van der Waals surface area contributed by atoms with E-state index in [1.54, 1.807) is 13.8 Å². The zero-order valence-electron chi connectivity index (χ0n) is 8.42. The molecule has 0 radical (unpaired) electrons. The second-order valence-corrected chi connectivity index (χ2v) is 3.54. The van der Waals surface area contributed by atoms with Crippen LogP contribution >= 0.6 is 0 Å². The summed E-state index contributed by atoms with van der Waals surface area (Å²) in [7, 11) is 0. The summed E-state index contributed by atoms with van der Waals surface area (Å²) in [5.74, 6) is -0.599. The Morgan fingerprint density at radius 2 is 2.21 bits per heavy atom. The number of nitrogens with two attached hydrogens (primary N) is 1. The first-order chi connectivity index (χ1) is 6.45. The van der Waals surface area contributed by atoms with Crippen LogP contribution in [0.5, 0.6) is 0 Å². The molecule has 4 nitrogen and oxygen atoms in total. The number of ether oxygens (including phenoxy) is 1. The average Bonchev–Trinajstić information content (AvgIpc) is 2.13. The fourth-order valence-corrected chi connectivity index (χ4v) is 0.700. The standard InChI is InChI=1S/C9H16FNO3/c1-9(2,6-11)14-8(13)3-7(4-10)5-12/h4,12H,3,5-6,11H2,1-2H3/b7-4+. The molecule has 0 bridgehead atoms. The Kier molecular flexibility index (Phi) is 5.34. The van der Waals surface area contributed by atoms with Gasteiger partial charge in [-0.05, 0) is 19.4 Å². The van der Waals surface area contributed by atoms with E-state index in [1.165, 1.54) is 0 Å². The van der Waals surface area contributed by atoms with Gasteiger partial charge in [0.15, 0.2) is 0 Å². The first-order valence-electron chi connectivity index (χ1n) is 4.26. The smallest absolute Gasteiger partial charge is 0.310 e. The van der Waals surface area contributed by atoms with Crippen LogP contribution in [0.1, 0.15) is 20.3 Å². The third-order valence-corrected chi connectivity index (χ3v) is 1.61. The SMILES string of the molecule is CC(C)(CN)OC(=O)C/C(=C\F)CO. The van der Waals surface area contributed by atoms with Gasteiger partial charge in [0.1, 0.15) is 5.60 Å². The van der Waals surface area contributed by atoms with Crippen molar-refractivity contribution in [1.82, 2.24) is 0 Å². The van der Waals surface area contributed by atoms with Crippen LogP contribution in [0.2, 0.25) is 0 Å². The molecule has 0 aromatic carbocycles. The summed E-state index contributed by atoms with van der Waals surface area (Å²) >= 11 is 0. The highest BCUT2D eigenvalue weighted by molar-refractivity contribution is 5.72. The number of carbonyl (C=O) groups is 1. The molecule has 14 heavy (non-hydrogen) atoms. The summed E-state index contributed by atoms with van der Waals surface area (Å²) < 4.78 is 16.9. The summed E-state index contributed by atoms with van der Waals surface area (Å²) in [5, 5.41) is 8.59. The summed E-state index contributed by atoms with van der Waals surface area (Å²) in [4.78, 5) is 11.1. The molecule has 0 amide bonds. The van der Waals surface area contributed by atoms with E-state index in [-0.39, 0.29) is 24.9 Å². The molecule has 0 saturated carbocycles. The van der Waals surface area contributed by atoms with E-state index in [2.05, 4.69) is 0 Å². The van der Waals surface area contributed by atoms with E-state index >= 15 is 0 Å². The van der Waals surface area contributed by atoms with E-state index in [0.29, 0.717) is 0 Å². The van der Waals surface area contributed by atoms with E-state index in [4.69, 9.17) is 15.6 Å². The van der Waals surface area contributed by atoms with Crippen molar-refractivity contribution in [2.45, 2.75) is 25.9 Å². The molecule has 0 aliphatic carbocycles. The van der Waals surface area contributed by atoms with E-state index in [1.807, 2.05) is 0 Å². The number of esters is 1. The van der Waals surface area contributed by atoms with Gasteiger partial charge in [-0.15, -0.1) is 0 Å². The predicted octanol–water partition coefficient (Wildman–Crippen LogP) is 0.503. The van der Waals surface area contributed by atoms with Gasteiger partial charge in [0.25, 0.3) is 0 Å². The van der Waals surface area contributed by atoms with Crippen molar-refractivity contribution in [2.24, 2.45) is 5.73 Å². The minimum absolute atomic E-state index is 0.0113. The molecule has 3 N–H and O–H groups in total. The first-order valence-corrected chi connectivity index (χ1v) is 4.26. The third kappa shape index (κ3) is 4.94. The molecule has 0 saturated heterocycles. The van der Waals surface area contributed by atoms with Crippen molar-refractivity contribution in [3.63, 3.8) is 0 Å². The maximum atomic E-state index is 12.0. The Bertz CT molecular complexity index is 226. The Hall–Kier alpha value is -0.940. The maximum Gasteiger partial charge on any atom is 0.310 e. The number of hydrogen-bond donors (Lipinski definition) is 2. The van der Waals surface area contributed by atoms with Crippen LogP contribution in [0, 0.1) is 0 Å². The Balaban J connectivity index is 4.11. The van der Waals surface area contributed by atoms with Crippen LogP contribution in [0.3, 0.4) is 0 Å². The summed E-state index contributed by atoms with van der Waals surface area (Å²) in [6.07, 6.45) is -0.0485. The van der Waals surface area contributed by atoms with Crippen molar-refractivity contribution in [3.8, 4) is 0 Å². The Morgan fingerprint density at radius 1 is 1.64 bits per heavy atom. The average molecular weight is 205 g/mol. The highest BCUT2D eigenvalue weighted by atomic mass is 19.1. The van der Waals surface area contributed by atoms with E-state index in [0.717, 1.165) is 0 Å². The monoisotopic (exact) mass is 205 g/mol. The van der Waals surface area contributed by atoms with Crippen molar-refractivity contribution in [2.75, 3.05) is 13.2 Å². The minimum atomic E-state index is -0.756. The van der Waals surface area contributed by atoms with Gasteiger partial charge in [-0.2, -0.15) is 0 Å². The number of carbonyl (C=O) groups excluding carboxylic acids is 1. The van der Waals surface area contributed by atoms with E-state index in [9.17, 15) is 9.18 Å². The highest BCUT2D eigenvalue weighted by Crippen LogP contribution is 2.11. The normalized spacial score (nSPS) is 12.8. The van der Waals surface area contributed by atoms with Crippen LogP contribution in [0.4, 0.5) is 4.39 Å². The van der Waals surface area contributed by atoms with Crippen molar-refractivity contribution < 1.29 is 19.0 Å². The third-order valence-electron chi connectivity index (χ3n) is 1.61. The second kappa shape index (κ2) is 5.72. The number of halogens is 1. The van der Waals surface area contributed by atoms with Crippen LogP contribution in [0.25, 0.3) is 0 Å². The maximum absolute atomic E-state index is 12.0. The number of aliphatic hydroxyl groups excluding tert-OH is 1. The zero-order chi connectivity index (χ0) is 11.2. The lowest BCUT2D eigenvalue weighted by Gasteiger charge is -2.23. The molecule has 0 spiro atoms. The fourth-order valence-electron chi connectivity index (χ4n) is 0.700. The first kappa shape index (κ1) is 13.1. The van der Waals surface area contributed by atoms with Gasteiger partial charge >= 0.3 is 5.97 Å². The predicted molar refractivity (Wildman–Crippen MR) is 50.1 cm³/mol. The van der Waals surface area contributed by atoms with Gasteiger partial charge in [0, 0.05) is 6.54 Å². The minimum Gasteiger partial charge on any atom is -0.458 e. The molecule has 82 valence electrons. The molecular weight excluding hydrogens is 189 g/mol. The molecule has 5 heteroatoms. The lowest BCUT2D eigenvalue weighted by Crippen LogP contribution is -2.36. The van der Waals surface area contributed by atoms with Gasteiger partial charge in [-0.25, -0.2) is 4.39 Å². The van der Waals surface area contributed by atoms with Gasteiger partial charge in [0.2, 0.25) is 0 Å². The summed E-state index contributed by atoms with van der Waals surface area (Å²) in [5.41, 5.74) is 4.57. The van der Waals surface area contributed by atoms with Crippen molar-refractivity contribution >= 4 is 5.97 Å². The Morgan fingerprint density at radius 3 is 2.57 bits per heavy atom. The Labute approximate surface area is 82.5 Å². The van der Waals surface area contributed by atoms with Crippen molar-refractivity contribution in [3.05, 3.63) is 11.9 Å². The topological polar surface area (TPSA) is 72.5 Å². The number of hydrogen-bond acceptors (Lipinski definition) is 4. The molecule has 0 atom stereocenters. The van der Waals surface area contributed by atoms with Crippen LogP contribution in [-0.2, 0) is 9.53 Å². The summed E-state index contributed by atoms with van der Waals surface area (Å²) in [6.45, 7) is 3.01. The largest absolute Gasteiger partial charge is 0.458 e. The van der Waals surface area contributed by atoms with Crippen LogP contribution in [-0.4, -0.2) is 29.8 Å². The van der Waals surface area contributed by atoms with Gasteiger partial charge in [-0.3, -0.25) is 4.79 Å². The molecule has 0 aromatic rings. The van der Waals surface area contributed by atoms with Gasteiger partial charge < -0.3 is 15.6 Å². The molecule has 0 aromatic heterocycles. The van der Waals surface area contributed by atoms with Gasteiger partial charge in [-0.1, -0.05) is 0 Å². The summed E-state index contributed by atoms with van der Waals surface area (Å²) in [6, 6.07) is 0. The second-order valence-electron chi connectivity index (χ2n) is 3.54. The van der Waals surface area contributed by atoms with Gasteiger partial charge in [0.05, 0.1) is 19.4 Å². The molecule has 0 aliphatic rings. The lowest BCUT2D eigenvalue weighted by atomic mass is 10.1. The number of aliphatic hydroxyl groups is 1. The quantitative estimate of drug-likeness (QED) is 0.641. The molecule has 0 fully saturated rings. The molecule has 0 unspecified atom stereocenters. The van der Waals surface area contributed by atoms with Crippen LogP contribution in [0.15, 0.2) is 11.9 Å². The van der Waals surface area contributed by atoms with E-state index < -0.39 is 18.2 Å². The number of rotatable bonds is 5. The lowest BCUT2D eigenvalue weighted by molar-refractivity contribution is -0.154. The molecule has 0 heterocycles. The fraction of sp³-hybridized carbons (Fsp3) is 0.667. The zero-order valence-corrected chi connectivity index (χ0v) is 8.42. The molecule has 0 aliphatic heterocycles. The van der Waals surface area contributed by atoms with Crippen molar-refractivity contribution in [1.29, 1.82) is 0 Å². The highest BCUT2D eigenvalue weighted by Gasteiger charge is 2.21. The molecule has 0 rings (SSSR count).